The van der Waals surface area contributed by atoms with Crippen LogP contribution < -0.4 is 10.1 Å². The number of nitrogens with one attached hydrogen (secondary N) is 1. The van der Waals surface area contributed by atoms with E-state index in [1.807, 2.05) is 0 Å². The summed E-state index contributed by atoms with van der Waals surface area (Å²) in [6.45, 7) is -1.05. The second-order valence-electron chi connectivity index (χ2n) is 8.00. The second kappa shape index (κ2) is 10.4. The molecule has 0 bridgehead atoms. The van der Waals surface area contributed by atoms with Gasteiger partial charge in [0.25, 0.3) is 24.1 Å². The van der Waals surface area contributed by atoms with Gasteiger partial charge in [-0.1, -0.05) is 35.3 Å². The number of amides is 1. The fourth-order valence-electron chi connectivity index (χ4n) is 3.85. The molecule has 0 fully saturated rings. The molecule has 4 rings (SSSR count). The molecule has 0 aliphatic heterocycles. The highest BCUT2D eigenvalue weighted by molar-refractivity contribution is 6.35. The summed E-state index contributed by atoms with van der Waals surface area (Å²) in [6, 6.07) is 8.71. The quantitative estimate of drug-likeness (QED) is 0.339. The minimum absolute atomic E-state index is 0.0141. The maximum Gasteiger partial charge on any atom is 0.291 e. The van der Waals surface area contributed by atoms with Crippen LogP contribution in [0.4, 0.5) is 17.6 Å². The number of carbonyl (C=O) groups excluding carboxylic acids is 1. The molecular weight excluding hydrogens is 509 g/mol. The molecule has 1 amide bonds. The van der Waals surface area contributed by atoms with Gasteiger partial charge in [0.05, 0.1) is 17.3 Å². The lowest BCUT2D eigenvalue weighted by Gasteiger charge is -2.22. The highest BCUT2D eigenvalue weighted by Crippen LogP contribution is 2.35. The van der Waals surface area contributed by atoms with Crippen LogP contribution in [-0.4, -0.2) is 22.6 Å². The van der Waals surface area contributed by atoms with Gasteiger partial charge in [-0.3, -0.25) is 4.79 Å². The Labute approximate surface area is 208 Å². The monoisotopic (exact) mass is 527 g/mol. The van der Waals surface area contributed by atoms with Gasteiger partial charge in [0, 0.05) is 16.1 Å². The third-order valence-corrected chi connectivity index (χ3v) is 6.11. The molecule has 3 aromatic rings. The number of benzene rings is 2. The number of nitrogens with zero attached hydrogens (tertiary/aromatic N) is 2. The first kappa shape index (κ1) is 25.2. The van der Waals surface area contributed by atoms with Gasteiger partial charge < -0.3 is 10.1 Å². The number of rotatable bonds is 7. The summed E-state index contributed by atoms with van der Waals surface area (Å²) in [5.41, 5.74) is 0.298. The minimum atomic E-state index is -3.50. The fraction of sp³-hybridized carbons (Fsp3) is 0.292. The summed E-state index contributed by atoms with van der Waals surface area (Å²) in [7, 11) is 0. The van der Waals surface area contributed by atoms with Crippen molar-refractivity contribution < 1.29 is 27.1 Å². The number of aryl methyl sites for hydroxylation is 1. The molecule has 0 spiro atoms. The molecule has 5 nitrogen and oxygen atoms in total. The van der Waals surface area contributed by atoms with Crippen molar-refractivity contribution in [3.8, 4) is 11.6 Å². The number of ether oxygens (including phenoxy) is 1. The van der Waals surface area contributed by atoms with E-state index < -0.39 is 30.4 Å². The van der Waals surface area contributed by atoms with Crippen molar-refractivity contribution in [2.75, 3.05) is 6.54 Å². The Balaban J connectivity index is 1.63. The number of fused-ring (bicyclic) bond motifs is 1. The summed E-state index contributed by atoms with van der Waals surface area (Å²) < 4.78 is 61.5. The zero-order chi connectivity index (χ0) is 25.2. The van der Waals surface area contributed by atoms with Gasteiger partial charge in [0.2, 0.25) is 0 Å². The maximum atomic E-state index is 14.9. The Hall–Kier alpha value is -2.91. The van der Waals surface area contributed by atoms with Crippen molar-refractivity contribution in [2.24, 2.45) is 0 Å². The van der Waals surface area contributed by atoms with E-state index >= 15 is 0 Å². The Morgan fingerprint density at radius 1 is 1.09 bits per heavy atom. The highest BCUT2D eigenvalue weighted by Gasteiger charge is 2.35. The number of carbonyl (C=O) groups is 1. The summed E-state index contributed by atoms with van der Waals surface area (Å²) in [5.74, 6) is -4.57. The summed E-state index contributed by atoms with van der Waals surface area (Å²) in [5, 5.41) is 10.3. The van der Waals surface area contributed by atoms with Crippen LogP contribution in [0.25, 0.3) is 0 Å². The normalized spacial score (nSPS) is 13.5. The van der Waals surface area contributed by atoms with Crippen LogP contribution in [-0.2, 0) is 18.8 Å². The molecule has 1 aromatic heterocycles. The van der Waals surface area contributed by atoms with Crippen LogP contribution in [0.1, 0.15) is 52.0 Å². The predicted molar refractivity (Wildman–Crippen MR) is 123 cm³/mol. The van der Waals surface area contributed by atoms with Crippen LogP contribution in [0.3, 0.4) is 0 Å². The zero-order valence-electron chi connectivity index (χ0n) is 18.1. The van der Waals surface area contributed by atoms with Crippen LogP contribution in [0.5, 0.6) is 11.6 Å². The molecule has 11 heteroatoms. The molecule has 0 unspecified atom stereocenters. The maximum absolute atomic E-state index is 14.9. The van der Waals surface area contributed by atoms with Gasteiger partial charge in [-0.15, -0.1) is 5.10 Å². The average molecular weight is 528 g/mol. The van der Waals surface area contributed by atoms with Crippen molar-refractivity contribution in [1.29, 1.82) is 0 Å². The lowest BCUT2D eigenvalue weighted by atomic mass is 9.92. The average Bonchev–Trinajstić information content (AvgIpc) is 2.82. The number of hydrogen-bond acceptors (Lipinski definition) is 4. The molecule has 0 saturated heterocycles. The molecule has 1 heterocycles. The van der Waals surface area contributed by atoms with E-state index in [0.29, 0.717) is 24.1 Å². The van der Waals surface area contributed by atoms with Gasteiger partial charge in [-0.2, -0.15) is 13.9 Å². The van der Waals surface area contributed by atoms with Crippen molar-refractivity contribution >= 4 is 29.1 Å². The zero-order valence-corrected chi connectivity index (χ0v) is 19.6. The van der Waals surface area contributed by atoms with Gasteiger partial charge in [0.15, 0.2) is 0 Å². The van der Waals surface area contributed by atoms with Crippen molar-refractivity contribution in [3.05, 3.63) is 80.5 Å². The van der Waals surface area contributed by atoms with E-state index in [9.17, 15) is 22.4 Å². The van der Waals surface area contributed by atoms with E-state index in [1.54, 1.807) is 0 Å². The number of halogens is 6. The van der Waals surface area contributed by atoms with E-state index in [-0.39, 0.29) is 32.8 Å². The Kier molecular flexibility index (Phi) is 7.47. The third kappa shape index (κ3) is 5.67. The lowest BCUT2D eigenvalue weighted by molar-refractivity contribution is -0.00241. The molecule has 2 aromatic carbocycles. The molecule has 0 saturated carbocycles. The van der Waals surface area contributed by atoms with Crippen LogP contribution >= 0.6 is 23.2 Å². The predicted octanol–water partition coefficient (Wildman–Crippen LogP) is 6.91. The standard InChI is InChI=1S/C24H19Cl2F4N3O2/c25-14-8-9-17(18(26)11-14)24(29,30)12-31-22(34)20-16-6-1-2-7-19(16)32-33-23(20)35-15-5-3-4-13(10-15)21(27)28/h3-5,8-11,21H,1-2,6-7,12H2,(H,31,34). The molecule has 0 atom stereocenters. The largest absolute Gasteiger partial charge is 0.437 e. The molecule has 1 aliphatic carbocycles. The van der Waals surface area contributed by atoms with Gasteiger partial charge in [-0.25, -0.2) is 8.78 Å². The van der Waals surface area contributed by atoms with Gasteiger partial charge in [-0.05, 0) is 61.6 Å². The SMILES string of the molecule is O=C(NCC(F)(F)c1ccc(Cl)cc1Cl)c1c(Oc2cccc(C(F)F)c2)nnc2c1CCCC2. The van der Waals surface area contributed by atoms with Crippen molar-refractivity contribution in [3.63, 3.8) is 0 Å². The van der Waals surface area contributed by atoms with Gasteiger partial charge >= 0.3 is 0 Å². The van der Waals surface area contributed by atoms with E-state index in [1.165, 1.54) is 30.3 Å². The number of aromatic nitrogens is 2. The molecule has 0 radical (unpaired) electrons. The topological polar surface area (TPSA) is 64.1 Å². The smallest absolute Gasteiger partial charge is 0.291 e. The Morgan fingerprint density at radius 2 is 1.86 bits per heavy atom. The highest BCUT2D eigenvalue weighted by atomic mass is 35.5. The van der Waals surface area contributed by atoms with Gasteiger partial charge in [0.1, 0.15) is 11.3 Å². The van der Waals surface area contributed by atoms with Crippen LogP contribution in [0.2, 0.25) is 10.0 Å². The summed E-state index contributed by atoms with van der Waals surface area (Å²) >= 11 is 11.7. The minimum Gasteiger partial charge on any atom is -0.437 e. The Bertz CT molecular complexity index is 1260. The molecular formula is C24H19Cl2F4N3O2. The third-order valence-electron chi connectivity index (χ3n) is 5.56. The van der Waals surface area contributed by atoms with E-state index in [0.717, 1.165) is 25.0 Å². The van der Waals surface area contributed by atoms with Crippen molar-refractivity contribution in [2.45, 2.75) is 38.0 Å². The van der Waals surface area contributed by atoms with Crippen molar-refractivity contribution in [1.82, 2.24) is 15.5 Å². The first-order valence-corrected chi connectivity index (χ1v) is 11.5. The Morgan fingerprint density at radius 3 is 2.60 bits per heavy atom. The fourth-order valence-corrected chi connectivity index (χ4v) is 4.39. The lowest BCUT2D eigenvalue weighted by Crippen LogP contribution is -2.36. The van der Waals surface area contributed by atoms with Crippen LogP contribution in [0.15, 0.2) is 42.5 Å². The molecule has 35 heavy (non-hydrogen) atoms. The summed E-state index contributed by atoms with van der Waals surface area (Å²) in [6.07, 6.45) is -0.0823. The summed E-state index contributed by atoms with van der Waals surface area (Å²) in [4.78, 5) is 13.2. The van der Waals surface area contributed by atoms with Crippen LogP contribution in [0, 0.1) is 0 Å². The molecule has 1 N–H and O–H groups in total. The van der Waals surface area contributed by atoms with E-state index in [4.69, 9.17) is 27.9 Å². The van der Waals surface area contributed by atoms with E-state index in [2.05, 4.69) is 15.5 Å². The first-order chi connectivity index (χ1) is 16.7. The molecule has 184 valence electrons. The number of alkyl halides is 4. The number of hydrogen-bond donors (Lipinski definition) is 1. The first-order valence-electron chi connectivity index (χ1n) is 10.7. The molecule has 1 aliphatic rings. The second-order valence-corrected chi connectivity index (χ2v) is 8.84.